The van der Waals surface area contributed by atoms with Gasteiger partial charge in [-0.2, -0.15) is 0 Å². The standard InChI is InChI=1S/C23H19N3O6/c1-30-13-8-10(9-14(31-2)20(13)32-3)15-16-18(11-6-4-5-7-12(11)19(16)27)24-21-17(15)22(28)26-23(29)25-21/h4-9,15H,1-3H3,(H3,24,25,26,28,29)/t15-/m1/s1. The quantitative estimate of drug-likeness (QED) is 0.577. The van der Waals surface area contributed by atoms with Crippen molar-refractivity contribution in [3.05, 3.63) is 85.1 Å². The zero-order valence-electron chi connectivity index (χ0n) is 17.5. The number of hydrogen-bond donors (Lipinski definition) is 3. The van der Waals surface area contributed by atoms with Crippen molar-refractivity contribution in [3.63, 3.8) is 0 Å². The molecule has 1 aliphatic heterocycles. The number of fused-ring (bicyclic) bond motifs is 3. The maximum Gasteiger partial charge on any atom is 0.327 e. The second kappa shape index (κ2) is 7.16. The summed E-state index contributed by atoms with van der Waals surface area (Å²) in [4.78, 5) is 43.3. The number of H-pyrrole nitrogens is 2. The smallest absolute Gasteiger partial charge is 0.327 e. The predicted molar refractivity (Wildman–Crippen MR) is 117 cm³/mol. The molecule has 1 atom stereocenters. The third-order valence-corrected chi connectivity index (χ3v) is 5.78. The summed E-state index contributed by atoms with van der Waals surface area (Å²) in [6.45, 7) is 0. The number of rotatable bonds is 4. The molecule has 0 amide bonds. The van der Waals surface area contributed by atoms with Crippen LogP contribution >= 0.6 is 0 Å². The van der Waals surface area contributed by atoms with Crippen molar-refractivity contribution in [1.82, 2.24) is 9.97 Å². The van der Waals surface area contributed by atoms with E-state index in [1.807, 2.05) is 12.1 Å². The Kier molecular flexibility index (Phi) is 4.40. The van der Waals surface area contributed by atoms with Gasteiger partial charge in [-0.15, -0.1) is 0 Å². The SMILES string of the molecule is COc1cc([C@@H]2C3=C(Nc4[nH]c(=O)[nH]c(=O)c42)c2ccccc2C3=O)cc(OC)c1OC. The van der Waals surface area contributed by atoms with Crippen LogP contribution in [0.2, 0.25) is 0 Å². The van der Waals surface area contributed by atoms with Gasteiger partial charge in [0.1, 0.15) is 5.82 Å². The van der Waals surface area contributed by atoms with Gasteiger partial charge >= 0.3 is 5.69 Å². The minimum Gasteiger partial charge on any atom is -0.493 e. The van der Waals surface area contributed by atoms with Gasteiger partial charge in [-0.05, 0) is 17.7 Å². The Bertz CT molecular complexity index is 1410. The molecule has 9 nitrogen and oxygen atoms in total. The molecule has 1 aliphatic carbocycles. The van der Waals surface area contributed by atoms with Crippen molar-refractivity contribution in [1.29, 1.82) is 0 Å². The van der Waals surface area contributed by atoms with Crippen LogP contribution in [0, 0.1) is 0 Å². The van der Waals surface area contributed by atoms with E-state index in [1.54, 1.807) is 24.3 Å². The van der Waals surface area contributed by atoms with Crippen LogP contribution in [0.5, 0.6) is 17.2 Å². The van der Waals surface area contributed by atoms with E-state index in [0.29, 0.717) is 45.2 Å². The van der Waals surface area contributed by atoms with Crippen LogP contribution in [0.3, 0.4) is 0 Å². The summed E-state index contributed by atoms with van der Waals surface area (Å²) in [6.07, 6.45) is 0. The largest absolute Gasteiger partial charge is 0.493 e. The summed E-state index contributed by atoms with van der Waals surface area (Å²) in [6, 6.07) is 10.6. The third kappa shape index (κ3) is 2.67. The summed E-state index contributed by atoms with van der Waals surface area (Å²) >= 11 is 0. The number of methoxy groups -OCH3 is 3. The molecular formula is C23H19N3O6. The highest BCUT2D eigenvalue weighted by molar-refractivity contribution is 6.23. The molecule has 0 spiro atoms. The van der Waals surface area contributed by atoms with Crippen LogP contribution in [-0.2, 0) is 0 Å². The number of Topliss-reactive ketones (excluding diaryl/α,β-unsaturated/α-hetero) is 1. The molecule has 0 fully saturated rings. The number of ketones is 1. The predicted octanol–water partition coefficient (Wildman–Crippen LogP) is 2.25. The number of aromatic nitrogens is 2. The number of allylic oxidation sites excluding steroid dienone is 1. The Morgan fingerprint density at radius 1 is 0.844 bits per heavy atom. The van der Waals surface area contributed by atoms with Gasteiger partial charge in [0.05, 0.1) is 32.6 Å². The fourth-order valence-corrected chi connectivity index (χ4v) is 4.45. The Balaban J connectivity index is 1.84. The van der Waals surface area contributed by atoms with Crippen LogP contribution in [0.1, 0.15) is 33.0 Å². The molecule has 2 aliphatic rings. The molecule has 9 heteroatoms. The van der Waals surface area contributed by atoms with Crippen LogP contribution in [0.4, 0.5) is 5.82 Å². The van der Waals surface area contributed by atoms with Crippen molar-refractivity contribution in [2.45, 2.75) is 5.92 Å². The lowest BCUT2D eigenvalue weighted by Crippen LogP contribution is -2.33. The molecule has 1 aromatic heterocycles. The fourth-order valence-electron chi connectivity index (χ4n) is 4.45. The molecule has 0 bridgehead atoms. The first kappa shape index (κ1) is 19.7. The molecule has 32 heavy (non-hydrogen) atoms. The third-order valence-electron chi connectivity index (χ3n) is 5.78. The van der Waals surface area contributed by atoms with Gasteiger partial charge in [0.25, 0.3) is 5.56 Å². The summed E-state index contributed by atoms with van der Waals surface area (Å²) in [7, 11) is 4.47. The molecule has 0 saturated heterocycles. The van der Waals surface area contributed by atoms with Crippen molar-refractivity contribution >= 4 is 17.3 Å². The van der Waals surface area contributed by atoms with Crippen LogP contribution in [0.15, 0.2) is 51.6 Å². The molecule has 2 heterocycles. The summed E-state index contributed by atoms with van der Waals surface area (Å²) in [5, 5.41) is 3.10. The van der Waals surface area contributed by atoms with Gasteiger partial charge in [-0.3, -0.25) is 19.6 Å². The Morgan fingerprint density at radius 2 is 1.50 bits per heavy atom. The zero-order valence-corrected chi connectivity index (χ0v) is 17.5. The van der Waals surface area contributed by atoms with Gasteiger partial charge in [-0.1, -0.05) is 24.3 Å². The van der Waals surface area contributed by atoms with Gasteiger partial charge < -0.3 is 19.5 Å². The summed E-state index contributed by atoms with van der Waals surface area (Å²) < 4.78 is 16.4. The molecule has 3 N–H and O–H groups in total. The fraction of sp³-hybridized carbons (Fsp3) is 0.174. The van der Waals surface area contributed by atoms with E-state index in [9.17, 15) is 14.4 Å². The summed E-state index contributed by atoms with van der Waals surface area (Å²) in [5.74, 6) is 0.411. The van der Waals surface area contributed by atoms with Crippen LogP contribution in [0.25, 0.3) is 5.70 Å². The topological polar surface area (TPSA) is 123 Å². The molecular weight excluding hydrogens is 414 g/mol. The van der Waals surface area contributed by atoms with E-state index in [1.165, 1.54) is 21.3 Å². The van der Waals surface area contributed by atoms with Crippen molar-refractivity contribution in [3.8, 4) is 17.2 Å². The number of ether oxygens (including phenoxy) is 3. The number of anilines is 1. The number of aromatic amines is 2. The normalized spacial score (nSPS) is 16.1. The molecule has 0 saturated carbocycles. The summed E-state index contributed by atoms with van der Waals surface area (Å²) in [5.41, 5.74) is 1.75. The van der Waals surface area contributed by atoms with Gasteiger partial charge in [0.2, 0.25) is 5.75 Å². The first-order valence-corrected chi connectivity index (χ1v) is 9.80. The monoisotopic (exact) mass is 433 g/mol. The van der Waals surface area contributed by atoms with Crippen molar-refractivity contribution in [2.24, 2.45) is 0 Å². The maximum absolute atomic E-state index is 13.5. The van der Waals surface area contributed by atoms with Gasteiger partial charge in [0.15, 0.2) is 17.3 Å². The Morgan fingerprint density at radius 3 is 2.12 bits per heavy atom. The number of benzene rings is 2. The molecule has 0 unspecified atom stereocenters. The minimum atomic E-state index is -0.782. The second-order valence-corrected chi connectivity index (χ2v) is 7.38. The number of carbonyl (C=O) groups is 1. The van der Waals surface area contributed by atoms with Gasteiger partial charge in [0, 0.05) is 22.6 Å². The molecule has 0 radical (unpaired) electrons. The van der Waals surface area contributed by atoms with E-state index in [2.05, 4.69) is 15.3 Å². The first-order valence-electron chi connectivity index (χ1n) is 9.80. The van der Waals surface area contributed by atoms with E-state index < -0.39 is 17.2 Å². The first-order chi connectivity index (χ1) is 15.5. The van der Waals surface area contributed by atoms with E-state index in [4.69, 9.17) is 14.2 Å². The highest BCUT2D eigenvalue weighted by Gasteiger charge is 2.42. The van der Waals surface area contributed by atoms with E-state index in [0.717, 1.165) is 0 Å². The molecule has 3 aromatic rings. The van der Waals surface area contributed by atoms with Crippen molar-refractivity contribution in [2.75, 3.05) is 26.6 Å². The average Bonchev–Trinajstić information content (AvgIpc) is 3.08. The zero-order chi connectivity index (χ0) is 22.6. The van der Waals surface area contributed by atoms with Gasteiger partial charge in [-0.25, -0.2) is 4.79 Å². The van der Waals surface area contributed by atoms with E-state index in [-0.39, 0.29) is 17.2 Å². The van der Waals surface area contributed by atoms with Crippen molar-refractivity contribution < 1.29 is 19.0 Å². The lowest BCUT2D eigenvalue weighted by atomic mass is 9.81. The minimum absolute atomic E-state index is 0.196. The molecule has 5 rings (SSSR count). The van der Waals surface area contributed by atoms with E-state index >= 15 is 0 Å². The van der Waals surface area contributed by atoms with Crippen LogP contribution < -0.4 is 30.8 Å². The Labute approximate surface area is 181 Å². The number of carbonyl (C=O) groups excluding carboxylic acids is 1. The lowest BCUT2D eigenvalue weighted by molar-refractivity contribution is 0.103. The number of hydrogen-bond acceptors (Lipinski definition) is 7. The Hall–Kier alpha value is -4.27. The average molecular weight is 433 g/mol. The molecule has 162 valence electrons. The second-order valence-electron chi connectivity index (χ2n) is 7.38. The highest BCUT2D eigenvalue weighted by Crippen LogP contribution is 2.50. The maximum atomic E-state index is 13.5. The lowest BCUT2D eigenvalue weighted by Gasteiger charge is -2.28. The number of nitrogens with one attached hydrogen (secondary N) is 3. The van der Waals surface area contributed by atoms with Crippen LogP contribution in [-0.4, -0.2) is 37.1 Å². The molecule has 2 aromatic carbocycles. The highest BCUT2D eigenvalue weighted by atomic mass is 16.5.